The molecule has 0 bridgehead atoms. The number of hydrogen-bond donors (Lipinski definition) is 0. The minimum atomic E-state index is -0.171. The van der Waals surface area contributed by atoms with E-state index in [1.807, 2.05) is 30.3 Å². The van der Waals surface area contributed by atoms with Crippen LogP contribution in [-0.2, 0) is 0 Å². The highest BCUT2D eigenvalue weighted by atomic mass is 79.9. The Kier molecular flexibility index (Phi) is 4.77. The first-order chi connectivity index (χ1) is 10.8. The summed E-state index contributed by atoms with van der Waals surface area (Å²) in [5.74, 6) is 0. The van der Waals surface area contributed by atoms with E-state index in [-0.39, 0.29) is 6.04 Å². The summed E-state index contributed by atoms with van der Waals surface area (Å²) in [7, 11) is 0. The molecule has 1 saturated heterocycles. The lowest BCUT2D eigenvalue weighted by molar-refractivity contribution is 0.222. The van der Waals surface area contributed by atoms with Crippen LogP contribution in [0.1, 0.15) is 11.6 Å². The minimum absolute atomic E-state index is 0.171. The highest BCUT2D eigenvalue weighted by Gasteiger charge is 2.25. The summed E-state index contributed by atoms with van der Waals surface area (Å²) in [5.41, 5.74) is 2.32. The van der Waals surface area contributed by atoms with Gasteiger partial charge in [0, 0.05) is 36.3 Å². The number of anilines is 1. The second kappa shape index (κ2) is 6.95. The number of hydrogen-bond acceptors (Lipinski definition) is 3. The Hall–Kier alpha value is -1.83. The molecule has 1 fully saturated rings. The van der Waals surface area contributed by atoms with Crippen molar-refractivity contribution in [2.45, 2.75) is 6.04 Å². The van der Waals surface area contributed by atoms with Crippen LogP contribution in [0.4, 0.5) is 5.69 Å². The van der Waals surface area contributed by atoms with Gasteiger partial charge in [-0.15, -0.1) is 0 Å². The summed E-state index contributed by atoms with van der Waals surface area (Å²) in [6.45, 7) is 3.71. The first kappa shape index (κ1) is 15.1. The quantitative estimate of drug-likeness (QED) is 0.837. The first-order valence-corrected chi connectivity index (χ1v) is 8.26. The van der Waals surface area contributed by atoms with Crippen molar-refractivity contribution in [3.05, 3.63) is 64.6 Å². The molecular formula is C18H18BrN3. The van der Waals surface area contributed by atoms with E-state index >= 15 is 0 Å². The summed E-state index contributed by atoms with van der Waals surface area (Å²) in [6, 6.07) is 20.8. The third kappa shape index (κ3) is 3.32. The highest BCUT2D eigenvalue weighted by molar-refractivity contribution is 9.10. The Morgan fingerprint density at radius 1 is 0.955 bits per heavy atom. The molecule has 0 radical (unpaired) electrons. The molecule has 2 aromatic rings. The van der Waals surface area contributed by atoms with Crippen LogP contribution in [0.3, 0.4) is 0 Å². The molecule has 3 nitrogen and oxygen atoms in total. The molecule has 0 saturated carbocycles. The van der Waals surface area contributed by atoms with E-state index in [0.717, 1.165) is 36.2 Å². The van der Waals surface area contributed by atoms with E-state index < -0.39 is 0 Å². The van der Waals surface area contributed by atoms with Crippen molar-refractivity contribution in [1.82, 2.24) is 4.90 Å². The van der Waals surface area contributed by atoms with Gasteiger partial charge in [0.2, 0.25) is 0 Å². The first-order valence-electron chi connectivity index (χ1n) is 7.47. The van der Waals surface area contributed by atoms with Crippen LogP contribution in [-0.4, -0.2) is 31.1 Å². The molecule has 1 atom stereocenters. The van der Waals surface area contributed by atoms with Crippen LogP contribution >= 0.6 is 15.9 Å². The number of nitrogens with zero attached hydrogens (tertiary/aromatic N) is 3. The summed E-state index contributed by atoms with van der Waals surface area (Å²) in [5, 5.41) is 9.58. The Bertz CT molecular complexity index is 658. The van der Waals surface area contributed by atoms with Crippen molar-refractivity contribution in [2.75, 3.05) is 31.1 Å². The van der Waals surface area contributed by atoms with Gasteiger partial charge in [-0.05, 0) is 29.8 Å². The monoisotopic (exact) mass is 355 g/mol. The molecule has 0 N–H and O–H groups in total. The average molecular weight is 356 g/mol. The smallest absolute Gasteiger partial charge is 0.124 e. The summed E-state index contributed by atoms with van der Waals surface area (Å²) < 4.78 is 1.02. The molecular weight excluding hydrogens is 338 g/mol. The molecule has 0 spiro atoms. The van der Waals surface area contributed by atoms with Crippen LogP contribution in [0.25, 0.3) is 0 Å². The molecule has 4 heteroatoms. The van der Waals surface area contributed by atoms with Crippen LogP contribution < -0.4 is 4.90 Å². The zero-order valence-corrected chi connectivity index (χ0v) is 13.9. The van der Waals surface area contributed by atoms with Gasteiger partial charge in [-0.2, -0.15) is 5.26 Å². The normalized spacial score (nSPS) is 17.0. The molecule has 1 aliphatic heterocycles. The number of rotatable bonds is 3. The largest absolute Gasteiger partial charge is 0.369 e. The Balaban J connectivity index is 1.69. The zero-order chi connectivity index (χ0) is 15.4. The topological polar surface area (TPSA) is 30.3 Å². The van der Waals surface area contributed by atoms with E-state index in [9.17, 15) is 5.26 Å². The number of halogens is 1. The zero-order valence-electron chi connectivity index (χ0n) is 12.3. The molecule has 3 rings (SSSR count). The fourth-order valence-electron chi connectivity index (χ4n) is 2.92. The average Bonchev–Trinajstić information content (AvgIpc) is 2.57. The Morgan fingerprint density at radius 3 is 2.32 bits per heavy atom. The molecule has 1 unspecified atom stereocenters. The highest BCUT2D eigenvalue weighted by Crippen LogP contribution is 2.25. The van der Waals surface area contributed by atoms with Crippen molar-refractivity contribution in [3.8, 4) is 6.07 Å². The van der Waals surface area contributed by atoms with Crippen molar-refractivity contribution in [1.29, 1.82) is 5.26 Å². The van der Waals surface area contributed by atoms with Crippen molar-refractivity contribution < 1.29 is 0 Å². The maximum atomic E-state index is 9.58. The Morgan fingerprint density at radius 2 is 1.68 bits per heavy atom. The molecule has 0 aliphatic carbocycles. The van der Waals surface area contributed by atoms with Gasteiger partial charge in [0.1, 0.15) is 6.04 Å². The second-order valence-corrected chi connectivity index (χ2v) is 6.36. The summed E-state index contributed by atoms with van der Waals surface area (Å²) in [6.07, 6.45) is 0. The maximum absolute atomic E-state index is 9.58. The molecule has 0 aromatic heterocycles. The molecule has 2 aromatic carbocycles. The van der Waals surface area contributed by atoms with Gasteiger partial charge in [0.05, 0.1) is 6.07 Å². The molecule has 112 valence electrons. The van der Waals surface area contributed by atoms with Crippen molar-refractivity contribution in [3.63, 3.8) is 0 Å². The van der Waals surface area contributed by atoms with Gasteiger partial charge < -0.3 is 4.90 Å². The number of piperazine rings is 1. The van der Waals surface area contributed by atoms with E-state index in [0.29, 0.717) is 0 Å². The molecule has 1 aliphatic rings. The Labute approximate surface area is 139 Å². The van der Waals surface area contributed by atoms with Gasteiger partial charge in [0.25, 0.3) is 0 Å². The lowest BCUT2D eigenvalue weighted by atomic mass is 10.1. The van der Waals surface area contributed by atoms with Gasteiger partial charge in [-0.3, -0.25) is 4.90 Å². The van der Waals surface area contributed by atoms with Gasteiger partial charge in [-0.25, -0.2) is 0 Å². The van der Waals surface area contributed by atoms with Crippen LogP contribution in [0.15, 0.2) is 59.1 Å². The second-order valence-electron chi connectivity index (χ2n) is 5.45. The number of nitriles is 1. The van der Waals surface area contributed by atoms with Crippen molar-refractivity contribution >= 4 is 21.6 Å². The third-order valence-electron chi connectivity index (χ3n) is 4.09. The number of benzene rings is 2. The fourth-order valence-corrected chi connectivity index (χ4v) is 3.34. The van der Waals surface area contributed by atoms with Gasteiger partial charge >= 0.3 is 0 Å². The lowest BCUT2D eigenvalue weighted by Gasteiger charge is -2.38. The SMILES string of the molecule is N#CC(c1cccc(Br)c1)N1CCN(c2ccccc2)CC1. The molecule has 0 amide bonds. The van der Waals surface area contributed by atoms with Gasteiger partial charge in [0.15, 0.2) is 0 Å². The van der Waals surface area contributed by atoms with E-state index in [1.165, 1.54) is 5.69 Å². The van der Waals surface area contributed by atoms with E-state index in [1.54, 1.807) is 0 Å². The van der Waals surface area contributed by atoms with E-state index in [4.69, 9.17) is 0 Å². The predicted molar refractivity (Wildman–Crippen MR) is 92.7 cm³/mol. The minimum Gasteiger partial charge on any atom is -0.369 e. The summed E-state index contributed by atoms with van der Waals surface area (Å²) >= 11 is 3.49. The van der Waals surface area contributed by atoms with Crippen LogP contribution in [0, 0.1) is 11.3 Å². The lowest BCUT2D eigenvalue weighted by Crippen LogP contribution is -2.47. The molecule has 1 heterocycles. The molecule has 22 heavy (non-hydrogen) atoms. The third-order valence-corrected chi connectivity index (χ3v) is 4.58. The predicted octanol–water partition coefficient (Wildman–Crippen LogP) is 3.84. The van der Waals surface area contributed by atoms with Crippen molar-refractivity contribution in [2.24, 2.45) is 0 Å². The fraction of sp³-hybridized carbons (Fsp3) is 0.278. The summed E-state index contributed by atoms with van der Waals surface area (Å²) in [4.78, 5) is 4.65. The number of para-hydroxylation sites is 1. The van der Waals surface area contributed by atoms with Crippen LogP contribution in [0.5, 0.6) is 0 Å². The van der Waals surface area contributed by atoms with Gasteiger partial charge in [-0.1, -0.05) is 46.3 Å². The maximum Gasteiger partial charge on any atom is 0.124 e. The van der Waals surface area contributed by atoms with E-state index in [2.05, 4.69) is 56.1 Å². The van der Waals surface area contributed by atoms with Crippen LogP contribution in [0.2, 0.25) is 0 Å². The standard InChI is InChI=1S/C18H18BrN3/c19-16-6-4-5-15(13-16)18(14-20)22-11-9-21(10-12-22)17-7-2-1-3-8-17/h1-8,13,18H,9-12H2.